The van der Waals surface area contributed by atoms with Crippen LogP contribution in [-0.2, 0) is 17.7 Å². The first kappa shape index (κ1) is 21.4. The van der Waals surface area contributed by atoms with Crippen LogP contribution in [0.15, 0.2) is 48.7 Å². The molecule has 0 spiro atoms. The molecule has 1 unspecified atom stereocenters. The van der Waals surface area contributed by atoms with Crippen LogP contribution in [0.2, 0.25) is 0 Å². The molecular formula is C25H34FN3O. The zero-order valence-electron chi connectivity index (χ0n) is 18.3. The summed E-state index contributed by atoms with van der Waals surface area (Å²) in [5.74, 6) is -0.188. The van der Waals surface area contributed by atoms with E-state index in [9.17, 15) is 4.39 Å². The summed E-state index contributed by atoms with van der Waals surface area (Å²) >= 11 is 0. The Labute approximate surface area is 180 Å². The lowest BCUT2D eigenvalue weighted by atomic mass is 9.76. The number of ether oxygens (including phenoxy) is 1. The average molecular weight is 412 g/mol. The van der Waals surface area contributed by atoms with Gasteiger partial charge in [0, 0.05) is 51.1 Å². The van der Waals surface area contributed by atoms with Crippen molar-refractivity contribution in [2.45, 2.75) is 57.2 Å². The second-order valence-corrected chi connectivity index (χ2v) is 9.44. The summed E-state index contributed by atoms with van der Waals surface area (Å²) in [7, 11) is 0. The van der Waals surface area contributed by atoms with E-state index in [1.165, 1.54) is 11.6 Å². The summed E-state index contributed by atoms with van der Waals surface area (Å²) in [5, 5.41) is 0. The first-order valence-corrected chi connectivity index (χ1v) is 11.2. The molecule has 162 valence electrons. The van der Waals surface area contributed by atoms with Crippen LogP contribution < -0.4 is 0 Å². The highest BCUT2D eigenvalue weighted by molar-refractivity contribution is 5.15. The zero-order chi connectivity index (χ0) is 21.0. The average Bonchev–Trinajstić information content (AvgIpc) is 2.74. The Morgan fingerprint density at radius 3 is 2.50 bits per heavy atom. The zero-order valence-corrected chi connectivity index (χ0v) is 18.3. The van der Waals surface area contributed by atoms with E-state index >= 15 is 0 Å². The summed E-state index contributed by atoms with van der Waals surface area (Å²) in [6.07, 6.45) is 5.28. The van der Waals surface area contributed by atoms with Crippen molar-refractivity contribution in [1.29, 1.82) is 0 Å². The number of pyridine rings is 1. The van der Waals surface area contributed by atoms with E-state index in [0.29, 0.717) is 12.1 Å². The summed E-state index contributed by atoms with van der Waals surface area (Å²) < 4.78 is 20.3. The lowest BCUT2D eigenvalue weighted by Crippen LogP contribution is -2.61. The van der Waals surface area contributed by atoms with E-state index < -0.39 is 0 Å². The molecule has 4 rings (SSSR count). The third-order valence-corrected chi connectivity index (χ3v) is 6.77. The fourth-order valence-electron chi connectivity index (χ4n) is 5.27. The Balaban J connectivity index is 1.44. The molecule has 1 aromatic heterocycles. The van der Waals surface area contributed by atoms with Crippen LogP contribution >= 0.6 is 0 Å². The molecule has 2 fully saturated rings. The molecular weight excluding hydrogens is 377 g/mol. The highest BCUT2D eigenvalue weighted by Crippen LogP contribution is 2.40. The number of hydrogen-bond donors (Lipinski definition) is 0. The Hall–Kier alpha value is -1.82. The monoisotopic (exact) mass is 411 g/mol. The molecule has 2 saturated heterocycles. The molecule has 0 radical (unpaired) electrons. The smallest absolute Gasteiger partial charge is 0.144 e. The number of hydrogen-bond acceptors (Lipinski definition) is 4. The van der Waals surface area contributed by atoms with Crippen LogP contribution in [0, 0.1) is 5.82 Å². The van der Waals surface area contributed by atoms with Crippen molar-refractivity contribution in [2.24, 2.45) is 0 Å². The summed E-state index contributed by atoms with van der Waals surface area (Å²) in [6, 6.07) is 13.9. The summed E-state index contributed by atoms with van der Waals surface area (Å²) in [6.45, 7) is 10.4. The van der Waals surface area contributed by atoms with Gasteiger partial charge in [-0.3, -0.25) is 14.8 Å². The molecule has 4 nitrogen and oxygen atoms in total. The third kappa shape index (κ3) is 5.08. The van der Waals surface area contributed by atoms with Gasteiger partial charge in [0.1, 0.15) is 5.82 Å². The van der Waals surface area contributed by atoms with Crippen molar-refractivity contribution in [1.82, 2.24) is 14.8 Å². The fourth-order valence-corrected chi connectivity index (χ4v) is 5.27. The number of aromatic nitrogens is 1. The van der Waals surface area contributed by atoms with Gasteiger partial charge in [-0.05, 0) is 57.2 Å². The third-order valence-electron chi connectivity index (χ3n) is 6.77. The van der Waals surface area contributed by atoms with Gasteiger partial charge < -0.3 is 4.74 Å². The van der Waals surface area contributed by atoms with Gasteiger partial charge in [-0.15, -0.1) is 0 Å². The maximum Gasteiger partial charge on any atom is 0.144 e. The number of piperazine rings is 1. The van der Waals surface area contributed by atoms with Gasteiger partial charge >= 0.3 is 0 Å². The highest BCUT2D eigenvalue weighted by atomic mass is 19.1. The molecule has 30 heavy (non-hydrogen) atoms. The molecule has 2 aliphatic rings. The summed E-state index contributed by atoms with van der Waals surface area (Å²) in [4.78, 5) is 9.51. The van der Waals surface area contributed by atoms with Gasteiger partial charge in [-0.1, -0.05) is 30.3 Å². The molecule has 2 aromatic rings. The number of rotatable bonds is 6. The minimum absolute atomic E-state index is 0.0462. The SMILES string of the molecule is CC1(C)CC(CCc2ncccc2F)(N2CCN(Cc3ccccc3)CC2)CCO1. The second kappa shape index (κ2) is 9.13. The molecule has 1 aromatic carbocycles. The number of halogens is 1. The predicted molar refractivity (Wildman–Crippen MR) is 118 cm³/mol. The minimum atomic E-state index is -0.188. The van der Waals surface area contributed by atoms with E-state index in [4.69, 9.17) is 4.74 Å². The highest BCUT2D eigenvalue weighted by Gasteiger charge is 2.45. The van der Waals surface area contributed by atoms with Gasteiger partial charge in [0.25, 0.3) is 0 Å². The van der Waals surface area contributed by atoms with Crippen LogP contribution in [0.4, 0.5) is 4.39 Å². The van der Waals surface area contributed by atoms with Crippen molar-refractivity contribution in [2.75, 3.05) is 32.8 Å². The van der Waals surface area contributed by atoms with E-state index in [1.807, 2.05) is 0 Å². The maximum atomic E-state index is 14.2. The second-order valence-electron chi connectivity index (χ2n) is 9.44. The van der Waals surface area contributed by atoms with Crippen LogP contribution in [0.1, 0.15) is 44.4 Å². The quantitative estimate of drug-likeness (QED) is 0.709. The minimum Gasteiger partial charge on any atom is -0.375 e. The van der Waals surface area contributed by atoms with Crippen LogP contribution in [0.5, 0.6) is 0 Å². The van der Waals surface area contributed by atoms with Crippen molar-refractivity contribution in [3.63, 3.8) is 0 Å². The van der Waals surface area contributed by atoms with E-state index in [2.05, 4.69) is 59.0 Å². The van der Waals surface area contributed by atoms with Gasteiger partial charge in [0.2, 0.25) is 0 Å². The first-order valence-electron chi connectivity index (χ1n) is 11.2. The lowest BCUT2D eigenvalue weighted by molar-refractivity contribution is -0.130. The van der Waals surface area contributed by atoms with Crippen LogP contribution in [-0.4, -0.2) is 58.7 Å². The van der Waals surface area contributed by atoms with E-state index in [1.54, 1.807) is 12.3 Å². The Bertz CT molecular complexity index is 820. The predicted octanol–water partition coefficient (Wildman–Crippen LogP) is 4.30. The van der Waals surface area contributed by atoms with Gasteiger partial charge in [-0.2, -0.15) is 0 Å². The Morgan fingerprint density at radius 2 is 1.80 bits per heavy atom. The largest absolute Gasteiger partial charge is 0.375 e. The number of benzene rings is 1. The maximum absolute atomic E-state index is 14.2. The standard InChI is InChI=1S/C25H34FN3O/c1-24(2)20-25(12-18-30-24,11-10-23-22(26)9-6-13-27-23)29-16-14-28(15-17-29)19-21-7-4-3-5-8-21/h3-9,13H,10-12,14-20H2,1-2H3. The molecule has 0 saturated carbocycles. The Kier molecular flexibility index (Phi) is 6.51. The topological polar surface area (TPSA) is 28.6 Å². The van der Waals surface area contributed by atoms with Crippen LogP contribution in [0.25, 0.3) is 0 Å². The molecule has 0 amide bonds. The molecule has 1 atom stereocenters. The first-order chi connectivity index (χ1) is 14.5. The molecule has 0 bridgehead atoms. The van der Waals surface area contributed by atoms with Crippen molar-refractivity contribution >= 4 is 0 Å². The molecule has 0 N–H and O–H groups in total. The van der Waals surface area contributed by atoms with Gasteiger partial charge in [0.15, 0.2) is 0 Å². The van der Waals surface area contributed by atoms with Crippen LogP contribution in [0.3, 0.4) is 0 Å². The Morgan fingerprint density at radius 1 is 1.03 bits per heavy atom. The molecule has 5 heteroatoms. The normalized spacial score (nSPS) is 25.3. The molecule has 2 aliphatic heterocycles. The molecule has 3 heterocycles. The van der Waals surface area contributed by atoms with E-state index in [-0.39, 0.29) is 17.0 Å². The lowest BCUT2D eigenvalue weighted by Gasteiger charge is -2.53. The molecule has 0 aliphatic carbocycles. The van der Waals surface area contributed by atoms with Crippen molar-refractivity contribution in [3.8, 4) is 0 Å². The summed E-state index contributed by atoms with van der Waals surface area (Å²) in [5.41, 5.74) is 1.86. The van der Waals surface area contributed by atoms with Crippen molar-refractivity contribution in [3.05, 3.63) is 65.7 Å². The van der Waals surface area contributed by atoms with E-state index in [0.717, 1.165) is 58.6 Å². The van der Waals surface area contributed by atoms with Crippen molar-refractivity contribution < 1.29 is 9.13 Å². The fraction of sp³-hybridized carbons (Fsp3) is 0.560. The van der Waals surface area contributed by atoms with Gasteiger partial charge in [-0.25, -0.2) is 4.39 Å². The number of nitrogens with zero attached hydrogens (tertiary/aromatic N) is 3. The number of aryl methyl sites for hydroxylation is 1. The van der Waals surface area contributed by atoms with Gasteiger partial charge in [0.05, 0.1) is 11.3 Å².